The Kier molecular flexibility index (Phi) is 6.37. The number of hydrogen-bond donors (Lipinski definition) is 1. The third-order valence-electron chi connectivity index (χ3n) is 3.44. The highest BCUT2D eigenvalue weighted by Crippen LogP contribution is 2.28. The monoisotopic (exact) mass is 389 g/mol. The van der Waals surface area contributed by atoms with E-state index in [-0.39, 0.29) is 17.6 Å². The summed E-state index contributed by atoms with van der Waals surface area (Å²) >= 11 is 13.3. The van der Waals surface area contributed by atoms with Gasteiger partial charge in [-0.25, -0.2) is 19.4 Å². The normalized spacial score (nSPS) is 15.8. The summed E-state index contributed by atoms with van der Waals surface area (Å²) in [5, 5.41) is 3.24. The van der Waals surface area contributed by atoms with Crippen LogP contribution in [0.4, 0.5) is 15.3 Å². The van der Waals surface area contributed by atoms with Gasteiger partial charge in [0, 0.05) is 10.0 Å². The molecule has 1 N–H and O–H groups in total. The summed E-state index contributed by atoms with van der Waals surface area (Å²) in [6.45, 7) is 1.69. The van der Waals surface area contributed by atoms with Crippen molar-refractivity contribution in [1.82, 2.24) is 10.2 Å². The van der Waals surface area contributed by atoms with Crippen molar-refractivity contribution in [3.05, 3.63) is 28.2 Å². The number of imide groups is 2. The molecule has 1 aromatic rings. The number of amides is 5. The minimum absolute atomic E-state index is 0.111. The SMILES string of the molecule is CCCC(NC(=O)N1CC(=O)N(c2cc(Cl)cc(Cl)c2)C1=O)SC. The summed E-state index contributed by atoms with van der Waals surface area (Å²) in [4.78, 5) is 38.8. The van der Waals surface area contributed by atoms with Gasteiger partial charge in [0.25, 0.3) is 5.91 Å². The van der Waals surface area contributed by atoms with Gasteiger partial charge in [0.2, 0.25) is 0 Å². The van der Waals surface area contributed by atoms with Gasteiger partial charge in [-0.1, -0.05) is 36.5 Å². The predicted molar refractivity (Wildman–Crippen MR) is 96.8 cm³/mol. The van der Waals surface area contributed by atoms with Crippen LogP contribution >= 0.6 is 35.0 Å². The predicted octanol–water partition coefficient (Wildman–Crippen LogP) is 3.96. The summed E-state index contributed by atoms with van der Waals surface area (Å²) in [5.41, 5.74) is 0.243. The van der Waals surface area contributed by atoms with Crippen LogP contribution in [0.2, 0.25) is 10.0 Å². The second kappa shape index (κ2) is 8.09. The smallest absolute Gasteiger partial charge is 0.326 e. The maximum absolute atomic E-state index is 12.5. The van der Waals surface area contributed by atoms with Gasteiger partial charge < -0.3 is 5.32 Å². The highest BCUT2D eigenvalue weighted by atomic mass is 35.5. The molecule has 1 heterocycles. The second-order valence-electron chi connectivity index (χ2n) is 5.19. The Labute approximate surface area is 154 Å². The number of benzene rings is 1. The van der Waals surface area contributed by atoms with Gasteiger partial charge >= 0.3 is 12.1 Å². The molecule has 1 aliphatic heterocycles. The molecule has 2 rings (SSSR count). The van der Waals surface area contributed by atoms with Crippen molar-refractivity contribution in [1.29, 1.82) is 0 Å². The fourth-order valence-electron chi connectivity index (χ4n) is 2.31. The van der Waals surface area contributed by atoms with Gasteiger partial charge in [0.15, 0.2) is 0 Å². The van der Waals surface area contributed by atoms with E-state index in [9.17, 15) is 14.4 Å². The Bertz CT molecular complexity index is 651. The molecule has 1 atom stereocenters. The number of urea groups is 2. The molecule has 9 heteroatoms. The maximum atomic E-state index is 12.5. The fourth-order valence-corrected chi connectivity index (χ4v) is 3.51. The van der Waals surface area contributed by atoms with Gasteiger partial charge in [-0.2, -0.15) is 0 Å². The number of rotatable bonds is 5. The van der Waals surface area contributed by atoms with E-state index in [0.29, 0.717) is 10.0 Å². The number of hydrogen-bond acceptors (Lipinski definition) is 4. The van der Waals surface area contributed by atoms with Crippen molar-refractivity contribution in [2.24, 2.45) is 0 Å². The molecule has 1 fully saturated rings. The van der Waals surface area contributed by atoms with Crippen LogP contribution in [0.25, 0.3) is 0 Å². The van der Waals surface area contributed by atoms with E-state index < -0.39 is 18.0 Å². The van der Waals surface area contributed by atoms with Crippen molar-refractivity contribution in [3.63, 3.8) is 0 Å². The number of nitrogens with one attached hydrogen (secondary N) is 1. The Balaban J connectivity index is 2.17. The summed E-state index contributed by atoms with van der Waals surface area (Å²) in [6, 6.07) is 3.10. The molecule has 0 bridgehead atoms. The van der Waals surface area contributed by atoms with Crippen molar-refractivity contribution in [3.8, 4) is 0 Å². The van der Waals surface area contributed by atoms with Gasteiger partial charge in [-0.3, -0.25) is 4.79 Å². The van der Waals surface area contributed by atoms with Gasteiger partial charge in [-0.15, -0.1) is 11.8 Å². The molecule has 6 nitrogen and oxygen atoms in total. The van der Waals surface area contributed by atoms with Gasteiger partial charge in [0.1, 0.15) is 6.54 Å². The Hall–Kier alpha value is -1.44. The minimum Gasteiger partial charge on any atom is -0.326 e. The topological polar surface area (TPSA) is 69.7 Å². The lowest BCUT2D eigenvalue weighted by molar-refractivity contribution is -0.116. The zero-order valence-electron chi connectivity index (χ0n) is 13.2. The van der Waals surface area contributed by atoms with E-state index in [4.69, 9.17) is 23.2 Å². The Morgan fingerprint density at radius 1 is 1.29 bits per heavy atom. The summed E-state index contributed by atoms with van der Waals surface area (Å²) in [7, 11) is 0. The summed E-state index contributed by atoms with van der Waals surface area (Å²) < 4.78 is 0. The molecular formula is C15H17Cl2N3O3S. The molecule has 0 aliphatic carbocycles. The van der Waals surface area contributed by atoms with Crippen LogP contribution in [-0.2, 0) is 4.79 Å². The second-order valence-corrected chi connectivity index (χ2v) is 7.10. The first-order valence-corrected chi connectivity index (χ1v) is 9.35. The molecule has 5 amide bonds. The molecule has 24 heavy (non-hydrogen) atoms. The van der Waals surface area contributed by atoms with E-state index in [1.165, 1.54) is 30.0 Å². The lowest BCUT2D eigenvalue weighted by Gasteiger charge is -2.20. The third kappa shape index (κ3) is 4.15. The zero-order valence-corrected chi connectivity index (χ0v) is 15.5. The molecule has 0 spiro atoms. The van der Waals surface area contributed by atoms with Crippen LogP contribution in [0.1, 0.15) is 19.8 Å². The van der Waals surface area contributed by atoms with Crippen molar-refractivity contribution in [2.45, 2.75) is 25.1 Å². The molecule has 1 aliphatic rings. The first-order chi connectivity index (χ1) is 11.4. The van der Waals surface area contributed by atoms with Crippen LogP contribution < -0.4 is 10.2 Å². The van der Waals surface area contributed by atoms with Crippen molar-refractivity contribution >= 4 is 58.6 Å². The van der Waals surface area contributed by atoms with Crippen LogP contribution in [0.5, 0.6) is 0 Å². The molecule has 0 saturated carbocycles. The highest BCUT2D eigenvalue weighted by molar-refractivity contribution is 7.99. The van der Waals surface area contributed by atoms with E-state index in [1.54, 1.807) is 0 Å². The van der Waals surface area contributed by atoms with Crippen molar-refractivity contribution < 1.29 is 14.4 Å². The Morgan fingerprint density at radius 3 is 2.46 bits per heavy atom. The number of thioether (sulfide) groups is 1. The lowest BCUT2D eigenvalue weighted by atomic mass is 10.3. The van der Waals surface area contributed by atoms with E-state index in [1.807, 2.05) is 13.2 Å². The Morgan fingerprint density at radius 2 is 1.92 bits per heavy atom. The number of halogens is 2. The lowest BCUT2D eigenvalue weighted by Crippen LogP contribution is -2.45. The first-order valence-electron chi connectivity index (χ1n) is 7.31. The largest absolute Gasteiger partial charge is 0.340 e. The molecule has 1 aromatic carbocycles. The third-order valence-corrected chi connectivity index (χ3v) is 4.79. The molecule has 0 radical (unpaired) electrons. The quantitative estimate of drug-likeness (QED) is 0.610. The maximum Gasteiger partial charge on any atom is 0.340 e. The van der Waals surface area contributed by atoms with Crippen LogP contribution in [0.15, 0.2) is 18.2 Å². The first kappa shape index (κ1) is 18.9. The van der Waals surface area contributed by atoms with E-state index in [2.05, 4.69) is 5.32 Å². The van der Waals surface area contributed by atoms with Gasteiger partial charge in [-0.05, 0) is 30.9 Å². The van der Waals surface area contributed by atoms with E-state index >= 15 is 0 Å². The molecule has 130 valence electrons. The average molecular weight is 390 g/mol. The fraction of sp³-hybridized carbons (Fsp3) is 0.400. The standard InChI is InChI=1S/C15H17Cl2N3O3S/c1-3-4-12(24-2)18-14(22)19-8-13(21)20(15(19)23)11-6-9(16)5-10(17)7-11/h5-7,12H,3-4,8H2,1-2H3,(H,18,22). The highest BCUT2D eigenvalue weighted by Gasteiger charge is 2.41. The minimum atomic E-state index is -0.716. The number of anilines is 1. The molecule has 1 saturated heterocycles. The van der Waals surface area contributed by atoms with Crippen LogP contribution in [0, 0.1) is 0 Å². The van der Waals surface area contributed by atoms with E-state index in [0.717, 1.165) is 22.6 Å². The van der Waals surface area contributed by atoms with Gasteiger partial charge in [0.05, 0.1) is 11.1 Å². The van der Waals surface area contributed by atoms with Crippen LogP contribution in [-0.4, -0.2) is 41.0 Å². The average Bonchev–Trinajstić information content (AvgIpc) is 2.80. The number of carbonyl (C=O) groups is 3. The van der Waals surface area contributed by atoms with Crippen molar-refractivity contribution in [2.75, 3.05) is 17.7 Å². The number of carbonyl (C=O) groups excluding carboxylic acids is 3. The molecule has 0 aromatic heterocycles. The molecular weight excluding hydrogens is 373 g/mol. The van der Waals surface area contributed by atoms with Crippen LogP contribution in [0.3, 0.4) is 0 Å². The number of nitrogens with zero attached hydrogens (tertiary/aromatic N) is 2. The summed E-state index contributed by atoms with van der Waals surface area (Å²) in [6.07, 6.45) is 3.54. The molecule has 1 unspecified atom stereocenters. The summed E-state index contributed by atoms with van der Waals surface area (Å²) in [5.74, 6) is -0.510. The zero-order chi connectivity index (χ0) is 17.9.